The lowest BCUT2D eigenvalue weighted by Gasteiger charge is -2.16. The summed E-state index contributed by atoms with van der Waals surface area (Å²) in [4.78, 5) is 0. The van der Waals surface area contributed by atoms with Gasteiger partial charge >= 0.3 is 0 Å². The van der Waals surface area contributed by atoms with Crippen molar-refractivity contribution in [1.82, 2.24) is 9.78 Å². The van der Waals surface area contributed by atoms with Crippen molar-refractivity contribution in [1.29, 1.82) is 0 Å². The highest BCUT2D eigenvalue weighted by Gasteiger charge is 2.13. The van der Waals surface area contributed by atoms with E-state index in [4.69, 9.17) is 4.74 Å². The standard InChI is InChI=1S/C14H18FN3O/c1-9(12-8-18(3)17-10(12)2)16-14-7-11(19-4)5-6-13(14)15/h5-9,16H,1-4H3. The van der Waals surface area contributed by atoms with Gasteiger partial charge in [0.05, 0.1) is 24.5 Å². The number of aryl methyl sites for hydroxylation is 2. The maximum absolute atomic E-state index is 13.7. The second kappa shape index (κ2) is 5.30. The molecule has 0 fully saturated rings. The summed E-state index contributed by atoms with van der Waals surface area (Å²) in [7, 11) is 3.43. The molecule has 0 aliphatic heterocycles. The first-order valence-corrected chi connectivity index (χ1v) is 6.11. The molecule has 1 heterocycles. The van der Waals surface area contributed by atoms with Gasteiger partial charge in [-0.1, -0.05) is 0 Å². The summed E-state index contributed by atoms with van der Waals surface area (Å²) in [5.74, 6) is 0.327. The van der Waals surface area contributed by atoms with E-state index in [0.717, 1.165) is 11.3 Å². The Bertz CT molecular complexity index is 580. The molecule has 1 aromatic carbocycles. The van der Waals surface area contributed by atoms with Gasteiger partial charge in [-0.25, -0.2) is 4.39 Å². The number of benzene rings is 1. The topological polar surface area (TPSA) is 39.1 Å². The normalized spacial score (nSPS) is 12.3. The SMILES string of the molecule is COc1ccc(F)c(NC(C)c2cn(C)nc2C)c1. The van der Waals surface area contributed by atoms with Gasteiger partial charge in [-0.3, -0.25) is 4.68 Å². The molecule has 0 saturated heterocycles. The van der Waals surface area contributed by atoms with E-state index in [2.05, 4.69) is 10.4 Å². The number of nitrogens with zero attached hydrogens (tertiary/aromatic N) is 2. The minimum atomic E-state index is -0.297. The van der Waals surface area contributed by atoms with Crippen LogP contribution in [0.1, 0.15) is 24.2 Å². The molecule has 0 aliphatic carbocycles. The number of hydrogen-bond acceptors (Lipinski definition) is 3. The Morgan fingerprint density at radius 1 is 1.42 bits per heavy atom. The van der Waals surface area contributed by atoms with Crippen molar-refractivity contribution in [3.05, 3.63) is 41.5 Å². The molecule has 0 bridgehead atoms. The van der Waals surface area contributed by atoms with Crippen molar-refractivity contribution < 1.29 is 9.13 Å². The van der Waals surface area contributed by atoms with Crippen LogP contribution in [0.25, 0.3) is 0 Å². The summed E-state index contributed by atoms with van der Waals surface area (Å²) in [6, 6.07) is 4.61. The van der Waals surface area contributed by atoms with E-state index in [1.165, 1.54) is 6.07 Å². The maximum atomic E-state index is 13.7. The van der Waals surface area contributed by atoms with E-state index in [9.17, 15) is 4.39 Å². The molecule has 2 rings (SSSR count). The molecular formula is C14H18FN3O. The van der Waals surface area contributed by atoms with E-state index in [1.54, 1.807) is 23.9 Å². The van der Waals surface area contributed by atoms with E-state index in [-0.39, 0.29) is 11.9 Å². The molecule has 0 spiro atoms. The number of halogens is 1. The van der Waals surface area contributed by atoms with Crippen LogP contribution in [0.15, 0.2) is 24.4 Å². The average molecular weight is 263 g/mol. The lowest BCUT2D eigenvalue weighted by molar-refractivity contribution is 0.414. The molecule has 4 nitrogen and oxygen atoms in total. The van der Waals surface area contributed by atoms with Crippen LogP contribution in [0.3, 0.4) is 0 Å². The molecule has 0 radical (unpaired) electrons. The molecular weight excluding hydrogens is 245 g/mol. The summed E-state index contributed by atoms with van der Waals surface area (Å²) in [6.07, 6.45) is 1.94. The van der Waals surface area contributed by atoms with E-state index < -0.39 is 0 Å². The first-order valence-electron chi connectivity index (χ1n) is 6.11. The molecule has 1 aromatic heterocycles. The Labute approximate surface area is 112 Å². The molecule has 0 saturated carbocycles. The van der Waals surface area contributed by atoms with Gasteiger partial charge in [0.15, 0.2) is 0 Å². The summed E-state index contributed by atoms with van der Waals surface area (Å²) >= 11 is 0. The Morgan fingerprint density at radius 2 is 2.16 bits per heavy atom. The van der Waals surface area contributed by atoms with Gasteiger partial charge in [0.25, 0.3) is 0 Å². The molecule has 0 aliphatic rings. The highest BCUT2D eigenvalue weighted by atomic mass is 19.1. The van der Waals surface area contributed by atoms with Crippen molar-refractivity contribution in [3.8, 4) is 5.75 Å². The third-order valence-corrected chi connectivity index (χ3v) is 3.06. The van der Waals surface area contributed by atoms with Crippen molar-refractivity contribution in [2.75, 3.05) is 12.4 Å². The highest BCUT2D eigenvalue weighted by molar-refractivity contribution is 5.51. The minimum Gasteiger partial charge on any atom is -0.497 e. The number of anilines is 1. The zero-order valence-electron chi connectivity index (χ0n) is 11.6. The van der Waals surface area contributed by atoms with Crippen LogP contribution in [0.4, 0.5) is 10.1 Å². The second-order valence-electron chi connectivity index (χ2n) is 4.56. The molecule has 1 N–H and O–H groups in total. The fourth-order valence-electron chi connectivity index (χ4n) is 2.10. The van der Waals surface area contributed by atoms with Crippen LogP contribution in [0.2, 0.25) is 0 Å². The van der Waals surface area contributed by atoms with Gasteiger partial charge in [-0.2, -0.15) is 5.10 Å². The van der Waals surface area contributed by atoms with Gasteiger partial charge in [0.1, 0.15) is 11.6 Å². The van der Waals surface area contributed by atoms with Crippen LogP contribution in [0.5, 0.6) is 5.75 Å². The molecule has 5 heteroatoms. The average Bonchev–Trinajstić information content (AvgIpc) is 2.71. The van der Waals surface area contributed by atoms with E-state index >= 15 is 0 Å². The number of nitrogens with one attached hydrogen (secondary N) is 1. The first-order chi connectivity index (χ1) is 9.01. The van der Waals surface area contributed by atoms with Crippen LogP contribution >= 0.6 is 0 Å². The predicted octanol–water partition coefficient (Wildman–Crippen LogP) is 3.05. The number of rotatable bonds is 4. The largest absolute Gasteiger partial charge is 0.497 e. The smallest absolute Gasteiger partial charge is 0.146 e. The number of methoxy groups -OCH3 is 1. The van der Waals surface area contributed by atoms with Crippen LogP contribution in [-0.2, 0) is 7.05 Å². The summed E-state index contributed by atoms with van der Waals surface area (Å²) in [5, 5.41) is 7.44. The van der Waals surface area contributed by atoms with Gasteiger partial charge in [0, 0.05) is 24.9 Å². The molecule has 1 atom stereocenters. The molecule has 19 heavy (non-hydrogen) atoms. The number of aromatic nitrogens is 2. The Hall–Kier alpha value is -2.04. The Kier molecular flexibility index (Phi) is 3.74. The number of ether oxygens (including phenoxy) is 1. The van der Waals surface area contributed by atoms with E-state index in [0.29, 0.717) is 11.4 Å². The maximum Gasteiger partial charge on any atom is 0.146 e. The summed E-state index contributed by atoms with van der Waals surface area (Å²) in [5.41, 5.74) is 2.41. The van der Waals surface area contributed by atoms with Crippen molar-refractivity contribution in [2.24, 2.45) is 7.05 Å². The van der Waals surface area contributed by atoms with E-state index in [1.807, 2.05) is 27.1 Å². The third kappa shape index (κ3) is 2.86. The summed E-state index contributed by atoms with van der Waals surface area (Å²) in [6.45, 7) is 3.92. The van der Waals surface area contributed by atoms with Crippen LogP contribution < -0.4 is 10.1 Å². The molecule has 2 aromatic rings. The van der Waals surface area contributed by atoms with Gasteiger partial charge < -0.3 is 10.1 Å². The Balaban J connectivity index is 2.23. The molecule has 1 unspecified atom stereocenters. The van der Waals surface area contributed by atoms with Crippen LogP contribution in [0, 0.1) is 12.7 Å². The Morgan fingerprint density at radius 3 is 2.74 bits per heavy atom. The highest BCUT2D eigenvalue weighted by Crippen LogP contribution is 2.26. The lowest BCUT2D eigenvalue weighted by atomic mass is 10.1. The van der Waals surface area contributed by atoms with Crippen molar-refractivity contribution in [2.45, 2.75) is 19.9 Å². The summed E-state index contributed by atoms with van der Waals surface area (Å²) < 4.78 is 20.6. The zero-order valence-corrected chi connectivity index (χ0v) is 11.6. The first kappa shape index (κ1) is 13.4. The van der Waals surface area contributed by atoms with Crippen molar-refractivity contribution >= 4 is 5.69 Å². The molecule has 0 amide bonds. The molecule has 102 valence electrons. The van der Waals surface area contributed by atoms with Gasteiger partial charge in [-0.15, -0.1) is 0 Å². The second-order valence-corrected chi connectivity index (χ2v) is 4.56. The van der Waals surface area contributed by atoms with Gasteiger partial charge in [-0.05, 0) is 26.0 Å². The quantitative estimate of drug-likeness (QED) is 0.921. The third-order valence-electron chi connectivity index (χ3n) is 3.06. The van der Waals surface area contributed by atoms with Gasteiger partial charge in [0.2, 0.25) is 0 Å². The van der Waals surface area contributed by atoms with Crippen molar-refractivity contribution in [3.63, 3.8) is 0 Å². The monoisotopic (exact) mass is 263 g/mol. The predicted molar refractivity (Wildman–Crippen MR) is 72.9 cm³/mol. The fourth-order valence-corrected chi connectivity index (χ4v) is 2.10. The minimum absolute atomic E-state index is 0.0321. The number of hydrogen-bond donors (Lipinski definition) is 1. The lowest BCUT2D eigenvalue weighted by Crippen LogP contribution is -2.08. The fraction of sp³-hybridized carbons (Fsp3) is 0.357. The van der Waals surface area contributed by atoms with Crippen LogP contribution in [-0.4, -0.2) is 16.9 Å². The zero-order chi connectivity index (χ0) is 14.0.